The number of aromatic nitrogens is 3. The normalized spacial score (nSPS) is 15.2. The van der Waals surface area contributed by atoms with Gasteiger partial charge in [-0.25, -0.2) is 8.42 Å². The summed E-state index contributed by atoms with van der Waals surface area (Å²) in [4.78, 5) is 35.6. The molecular formula is C22H24ClN5O5S. The predicted octanol–water partition coefficient (Wildman–Crippen LogP) is 2.66. The number of carbonyl (C=O) groups is 2. The molecule has 0 aliphatic carbocycles. The molecule has 1 aromatic carbocycles. The Morgan fingerprint density at radius 2 is 1.79 bits per heavy atom. The van der Waals surface area contributed by atoms with Crippen LogP contribution in [-0.4, -0.2) is 53.4 Å². The first-order valence-corrected chi connectivity index (χ1v) is 12.2. The number of carbonyl (C=O) groups excluding carboxylic acids is 2. The van der Waals surface area contributed by atoms with E-state index in [2.05, 4.69) is 20.4 Å². The third-order valence-corrected chi connectivity index (χ3v) is 7.18. The molecule has 10 nitrogen and oxygen atoms in total. The van der Waals surface area contributed by atoms with Crippen molar-refractivity contribution in [1.82, 2.24) is 15.1 Å². The van der Waals surface area contributed by atoms with E-state index in [1.54, 1.807) is 42.6 Å². The molecule has 1 fully saturated rings. The molecule has 0 atom stereocenters. The number of nitrogens with one attached hydrogen (secondary N) is 1. The maximum absolute atomic E-state index is 13.3. The third kappa shape index (κ3) is 6.17. The van der Waals surface area contributed by atoms with Gasteiger partial charge in [0.2, 0.25) is 24.0 Å². The van der Waals surface area contributed by atoms with Crippen LogP contribution in [-0.2, 0) is 19.4 Å². The Balaban J connectivity index is 0.00000324. The molecule has 0 radical (unpaired) electrons. The molecule has 1 N–H and O–H groups in total. The van der Waals surface area contributed by atoms with Crippen molar-refractivity contribution in [2.75, 3.05) is 28.3 Å². The van der Waals surface area contributed by atoms with Crippen molar-refractivity contribution in [3.63, 3.8) is 0 Å². The quantitative estimate of drug-likeness (QED) is 0.540. The molecule has 1 aliphatic heterocycles. The second-order valence-corrected chi connectivity index (χ2v) is 10.2. The molecule has 1 saturated heterocycles. The highest BCUT2D eigenvalue weighted by Gasteiger charge is 2.32. The molecule has 0 spiro atoms. The summed E-state index contributed by atoms with van der Waals surface area (Å²) in [6.45, 7) is 1.60. The smallest absolute Gasteiger partial charge is 0.244 e. The molecule has 3 aromatic rings. The van der Waals surface area contributed by atoms with Gasteiger partial charge in [-0.3, -0.25) is 14.6 Å². The summed E-state index contributed by atoms with van der Waals surface area (Å²) < 4.78 is 28.3. The number of pyridine rings is 1. The molecule has 12 heteroatoms. The van der Waals surface area contributed by atoms with Crippen molar-refractivity contribution < 1.29 is 22.5 Å². The summed E-state index contributed by atoms with van der Waals surface area (Å²) in [5.41, 5.74) is 2.55. The average Bonchev–Trinajstić information content (AvgIpc) is 3.33. The van der Waals surface area contributed by atoms with Gasteiger partial charge in [0.05, 0.1) is 23.4 Å². The van der Waals surface area contributed by atoms with E-state index >= 15 is 0 Å². The highest BCUT2D eigenvalue weighted by molar-refractivity contribution is 7.91. The topological polar surface area (TPSA) is 135 Å². The van der Waals surface area contributed by atoms with Crippen molar-refractivity contribution in [2.45, 2.75) is 19.8 Å². The molecule has 34 heavy (non-hydrogen) atoms. The number of aryl methyl sites for hydroxylation is 1. The SMILES string of the molecule is Cc1ccc(N(CC(=O)Nc2ccc(-c3ncon3)cc2)C(=O)C2CCS(=O)(=O)CC2)cn1.Cl. The molecule has 2 amide bonds. The van der Waals surface area contributed by atoms with Crippen molar-refractivity contribution in [3.05, 3.63) is 54.7 Å². The van der Waals surface area contributed by atoms with E-state index in [9.17, 15) is 18.0 Å². The van der Waals surface area contributed by atoms with E-state index in [4.69, 9.17) is 4.52 Å². The minimum atomic E-state index is -3.11. The van der Waals surface area contributed by atoms with Gasteiger partial charge in [0.15, 0.2) is 0 Å². The molecule has 180 valence electrons. The van der Waals surface area contributed by atoms with E-state index in [1.807, 2.05) is 6.92 Å². The van der Waals surface area contributed by atoms with E-state index < -0.39 is 15.8 Å². The molecule has 0 unspecified atom stereocenters. The number of anilines is 2. The second kappa shape index (κ2) is 10.7. The lowest BCUT2D eigenvalue weighted by Gasteiger charge is -2.29. The summed E-state index contributed by atoms with van der Waals surface area (Å²) in [7, 11) is -3.11. The van der Waals surface area contributed by atoms with Crippen LogP contribution in [0.4, 0.5) is 11.4 Å². The van der Waals surface area contributed by atoms with E-state index in [1.165, 1.54) is 11.3 Å². The number of hydrogen-bond donors (Lipinski definition) is 1. The maximum atomic E-state index is 13.3. The first-order valence-electron chi connectivity index (χ1n) is 10.4. The van der Waals surface area contributed by atoms with Crippen molar-refractivity contribution in [3.8, 4) is 11.4 Å². The van der Waals surface area contributed by atoms with Gasteiger partial charge in [0.1, 0.15) is 16.4 Å². The van der Waals surface area contributed by atoms with Crippen LogP contribution in [0.5, 0.6) is 0 Å². The van der Waals surface area contributed by atoms with Gasteiger partial charge in [0, 0.05) is 22.9 Å². The van der Waals surface area contributed by atoms with Crippen LogP contribution in [0.15, 0.2) is 53.5 Å². The Morgan fingerprint density at radius 3 is 2.38 bits per heavy atom. The Kier molecular flexibility index (Phi) is 8.00. The predicted molar refractivity (Wildman–Crippen MR) is 128 cm³/mol. The number of nitrogens with zero attached hydrogens (tertiary/aromatic N) is 4. The molecule has 1 aliphatic rings. The number of rotatable bonds is 6. The highest BCUT2D eigenvalue weighted by Crippen LogP contribution is 2.25. The molecule has 2 aromatic heterocycles. The summed E-state index contributed by atoms with van der Waals surface area (Å²) in [6.07, 6.45) is 3.27. The van der Waals surface area contributed by atoms with E-state index in [0.29, 0.717) is 17.2 Å². The fraction of sp³-hybridized carbons (Fsp3) is 0.318. The lowest BCUT2D eigenvalue weighted by molar-refractivity contribution is -0.124. The zero-order valence-electron chi connectivity index (χ0n) is 18.4. The standard InChI is InChI=1S/C22H23N5O5S.ClH/c1-15-2-7-19(12-23-15)27(22(29)17-8-10-33(30,31)11-9-17)13-20(28)25-18-5-3-16(4-6-18)21-24-14-32-26-21;/h2-7,12,14,17H,8-11,13H2,1H3,(H,25,28);1H. The van der Waals surface area contributed by atoms with Crippen LogP contribution < -0.4 is 10.2 Å². The highest BCUT2D eigenvalue weighted by atomic mass is 35.5. The number of halogens is 1. The second-order valence-electron chi connectivity index (χ2n) is 7.89. The van der Waals surface area contributed by atoms with Crippen LogP contribution in [0.3, 0.4) is 0 Å². The lowest BCUT2D eigenvalue weighted by Crippen LogP contribution is -2.43. The summed E-state index contributed by atoms with van der Waals surface area (Å²) in [5.74, 6) is -0.745. The number of amides is 2. The lowest BCUT2D eigenvalue weighted by atomic mass is 10.0. The molecule has 4 rings (SSSR count). The zero-order valence-corrected chi connectivity index (χ0v) is 20.0. The maximum Gasteiger partial charge on any atom is 0.244 e. The minimum absolute atomic E-state index is 0. The van der Waals surface area contributed by atoms with Gasteiger partial charge in [-0.15, -0.1) is 12.4 Å². The summed E-state index contributed by atoms with van der Waals surface area (Å²) >= 11 is 0. The molecule has 3 heterocycles. The van der Waals surface area contributed by atoms with E-state index in [-0.39, 0.29) is 55.1 Å². The van der Waals surface area contributed by atoms with Gasteiger partial charge < -0.3 is 14.7 Å². The monoisotopic (exact) mass is 505 g/mol. The summed E-state index contributed by atoms with van der Waals surface area (Å²) in [6, 6.07) is 10.4. The van der Waals surface area contributed by atoms with Gasteiger partial charge in [-0.2, -0.15) is 4.98 Å². The Bertz CT molecular complexity index is 1220. The zero-order chi connectivity index (χ0) is 23.4. The minimum Gasteiger partial charge on any atom is -0.342 e. The van der Waals surface area contributed by atoms with Gasteiger partial charge in [-0.05, 0) is 56.2 Å². The average molecular weight is 506 g/mol. The fourth-order valence-electron chi connectivity index (χ4n) is 3.62. The van der Waals surface area contributed by atoms with Crippen LogP contribution in [0.25, 0.3) is 11.4 Å². The Labute approximate surface area is 203 Å². The van der Waals surface area contributed by atoms with Gasteiger partial charge >= 0.3 is 0 Å². The summed E-state index contributed by atoms with van der Waals surface area (Å²) in [5, 5.41) is 6.55. The van der Waals surface area contributed by atoms with Crippen LogP contribution >= 0.6 is 12.4 Å². The van der Waals surface area contributed by atoms with Gasteiger partial charge in [0.25, 0.3) is 0 Å². The van der Waals surface area contributed by atoms with Crippen molar-refractivity contribution >= 4 is 45.4 Å². The Hall–Kier alpha value is -3.31. The van der Waals surface area contributed by atoms with Crippen LogP contribution in [0, 0.1) is 12.8 Å². The van der Waals surface area contributed by atoms with Crippen LogP contribution in [0.2, 0.25) is 0 Å². The first-order chi connectivity index (χ1) is 15.8. The van der Waals surface area contributed by atoms with Crippen molar-refractivity contribution in [1.29, 1.82) is 0 Å². The van der Waals surface area contributed by atoms with Gasteiger partial charge in [-0.1, -0.05) is 5.16 Å². The fourth-order valence-corrected chi connectivity index (χ4v) is 5.11. The Morgan fingerprint density at radius 1 is 1.09 bits per heavy atom. The molecular weight excluding hydrogens is 482 g/mol. The van der Waals surface area contributed by atoms with Crippen molar-refractivity contribution in [2.24, 2.45) is 5.92 Å². The molecule has 0 saturated carbocycles. The third-order valence-electron chi connectivity index (χ3n) is 5.47. The number of sulfone groups is 1. The van der Waals surface area contributed by atoms with E-state index in [0.717, 1.165) is 11.3 Å². The first kappa shape index (κ1) is 25.3. The molecule has 0 bridgehead atoms. The number of hydrogen-bond acceptors (Lipinski definition) is 8. The largest absolute Gasteiger partial charge is 0.342 e. The van der Waals surface area contributed by atoms with Crippen LogP contribution in [0.1, 0.15) is 18.5 Å². The number of benzene rings is 1.